The average Bonchev–Trinajstić information content (AvgIpc) is 3.21. The topological polar surface area (TPSA) is 102 Å². The summed E-state index contributed by atoms with van der Waals surface area (Å²) < 4.78 is 25.0. The number of aromatic nitrogens is 3. The molecule has 1 unspecified atom stereocenters. The van der Waals surface area contributed by atoms with Crippen LogP contribution in [0.3, 0.4) is 0 Å². The zero-order chi connectivity index (χ0) is 20.8. The van der Waals surface area contributed by atoms with E-state index in [0.717, 1.165) is 16.9 Å². The number of pyridine rings is 1. The average molecular weight is 487 g/mol. The molecule has 150 valence electrons. The van der Waals surface area contributed by atoms with Crippen LogP contribution in [0.5, 0.6) is 0 Å². The van der Waals surface area contributed by atoms with E-state index in [4.69, 9.17) is 23.2 Å². The molecule has 0 radical (unpaired) electrons. The van der Waals surface area contributed by atoms with Gasteiger partial charge in [0.15, 0.2) is 14.2 Å². The van der Waals surface area contributed by atoms with E-state index in [2.05, 4.69) is 20.5 Å². The zero-order valence-corrected chi connectivity index (χ0v) is 18.7. The third kappa shape index (κ3) is 4.13. The van der Waals surface area contributed by atoms with Crippen molar-refractivity contribution in [3.8, 4) is 0 Å². The molecule has 2 aromatic heterocycles. The van der Waals surface area contributed by atoms with Gasteiger partial charge in [-0.1, -0.05) is 59.3 Å². The Bertz CT molecular complexity index is 1210. The standard InChI is InChI=1S/C17H12Cl2N4O3S3/c1-8-7-29(25,26)13-4-9(2-3-10(8)13)21-15(24)16-22-23-17(28-16)27-14-11(18)5-20-6-12(14)19/h2-6,8H,7H2,1H3,(H,21,24). The molecule has 0 saturated carbocycles. The molecule has 7 nitrogen and oxygen atoms in total. The predicted octanol–water partition coefficient (Wildman–Crippen LogP) is 4.53. The lowest BCUT2D eigenvalue weighted by molar-refractivity contribution is 0.102. The summed E-state index contributed by atoms with van der Waals surface area (Å²) in [5, 5.41) is 11.4. The fourth-order valence-corrected chi connectivity index (χ4v) is 7.14. The number of rotatable bonds is 4. The zero-order valence-electron chi connectivity index (χ0n) is 14.7. The summed E-state index contributed by atoms with van der Waals surface area (Å²) in [6, 6.07) is 4.90. The molecule has 1 amide bonds. The SMILES string of the molecule is CC1CS(=O)(=O)c2cc(NC(=O)c3nnc(Sc4c(Cl)cncc4Cl)s3)ccc21. The third-order valence-electron chi connectivity index (χ3n) is 4.21. The molecule has 1 aliphatic heterocycles. The maximum atomic E-state index is 12.5. The van der Waals surface area contributed by atoms with Crippen LogP contribution in [0.25, 0.3) is 0 Å². The molecule has 0 bridgehead atoms. The summed E-state index contributed by atoms with van der Waals surface area (Å²) >= 11 is 14.4. The van der Waals surface area contributed by atoms with Gasteiger partial charge in [0, 0.05) is 18.1 Å². The molecular formula is C17H12Cl2N4O3S3. The van der Waals surface area contributed by atoms with Crippen LogP contribution in [0.1, 0.15) is 28.2 Å². The van der Waals surface area contributed by atoms with Gasteiger partial charge in [-0.2, -0.15) is 0 Å². The second-order valence-electron chi connectivity index (χ2n) is 6.30. The number of fused-ring (bicyclic) bond motifs is 1. The van der Waals surface area contributed by atoms with Crippen molar-refractivity contribution in [1.29, 1.82) is 0 Å². The van der Waals surface area contributed by atoms with Crippen molar-refractivity contribution in [3.05, 3.63) is 51.2 Å². The molecular weight excluding hydrogens is 475 g/mol. The maximum absolute atomic E-state index is 12.5. The quantitative estimate of drug-likeness (QED) is 0.577. The van der Waals surface area contributed by atoms with Gasteiger partial charge in [-0.15, -0.1) is 10.2 Å². The highest BCUT2D eigenvalue weighted by Crippen LogP contribution is 2.39. The molecule has 3 heterocycles. The van der Waals surface area contributed by atoms with E-state index in [1.807, 2.05) is 6.92 Å². The van der Waals surface area contributed by atoms with Crippen molar-refractivity contribution in [1.82, 2.24) is 15.2 Å². The van der Waals surface area contributed by atoms with Crippen molar-refractivity contribution in [2.24, 2.45) is 0 Å². The van der Waals surface area contributed by atoms with Crippen molar-refractivity contribution in [2.75, 3.05) is 11.1 Å². The highest BCUT2D eigenvalue weighted by molar-refractivity contribution is 8.01. The van der Waals surface area contributed by atoms with Gasteiger partial charge in [0.1, 0.15) is 0 Å². The van der Waals surface area contributed by atoms with Crippen LogP contribution < -0.4 is 5.32 Å². The Morgan fingerprint density at radius 2 is 1.97 bits per heavy atom. The number of carbonyl (C=O) groups is 1. The number of sulfone groups is 1. The van der Waals surface area contributed by atoms with Gasteiger partial charge in [0.25, 0.3) is 5.91 Å². The second-order valence-corrected chi connectivity index (χ2v) is 11.3. The highest BCUT2D eigenvalue weighted by atomic mass is 35.5. The van der Waals surface area contributed by atoms with Crippen LogP contribution >= 0.6 is 46.3 Å². The van der Waals surface area contributed by atoms with Crippen LogP contribution in [-0.2, 0) is 9.84 Å². The Kier molecular flexibility index (Phi) is 5.56. The first-order valence-corrected chi connectivity index (χ1v) is 12.3. The van der Waals surface area contributed by atoms with Crippen LogP contribution in [-0.4, -0.2) is 35.3 Å². The molecule has 12 heteroatoms. The van der Waals surface area contributed by atoms with E-state index in [0.29, 0.717) is 25.0 Å². The number of amides is 1. The second kappa shape index (κ2) is 7.84. The van der Waals surface area contributed by atoms with E-state index < -0.39 is 15.7 Å². The van der Waals surface area contributed by atoms with E-state index in [1.165, 1.54) is 30.2 Å². The monoisotopic (exact) mass is 486 g/mol. The normalized spacial score (nSPS) is 17.1. The Morgan fingerprint density at radius 3 is 2.69 bits per heavy atom. The number of hydrogen-bond donors (Lipinski definition) is 1. The Morgan fingerprint density at radius 1 is 1.24 bits per heavy atom. The van der Waals surface area contributed by atoms with Crippen LogP contribution in [0, 0.1) is 0 Å². The molecule has 1 aliphatic rings. The lowest BCUT2D eigenvalue weighted by Crippen LogP contribution is -2.12. The van der Waals surface area contributed by atoms with Crippen molar-refractivity contribution < 1.29 is 13.2 Å². The number of benzene rings is 1. The summed E-state index contributed by atoms with van der Waals surface area (Å²) in [4.78, 5) is 17.2. The van der Waals surface area contributed by atoms with Crippen LogP contribution in [0.4, 0.5) is 5.69 Å². The van der Waals surface area contributed by atoms with Gasteiger partial charge in [0.2, 0.25) is 5.01 Å². The van der Waals surface area contributed by atoms with Crippen LogP contribution in [0.2, 0.25) is 10.0 Å². The Labute approximate surface area is 184 Å². The first-order valence-electron chi connectivity index (χ1n) is 8.23. The van der Waals surface area contributed by atoms with Crippen molar-refractivity contribution in [3.63, 3.8) is 0 Å². The molecule has 0 spiro atoms. The molecule has 29 heavy (non-hydrogen) atoms. The maximum Gasteiger partial charge on any atom is 0.286 e. The minimum atomic E-state index is -3.33. The number of hydrogen-bond acceptors (Lipinski definition) is 8. The summed E-state index contributed by atoms with van der Waals surface area (Å²) in [5.41, 5.74) is 1.15. The fourth-order valence-electron chi connectivity index (χ4n) is 2.91. The van der Waals surface area contributed by atoms with E-state index >= 15 is 0 Å². The number of nitrogens with zero attached hydrogens (tertiary/aromatic N) is 3. The molecule has 0 saturated heterocycles. The smallest absolute Gasteiger partial charge is 0.286 e. The first-order chi connectivity index (χ1) is 13.7. The number of halogens is 2. The van der Waals surface area contributed by atoms with Gasteiger partial charge in [-0.05, 0) is 23.6 Å². The van der Waals surface area contributed by atoms with Crippen LogP contribution in [0.15, 0.2) is 44.7 Å². The van der Waals surface area contributed by atoms with Crippen molar-refractivity contribution >= 4 is 67.7 Å². The fraction of sp³-hybridized carbons (Fsp3) is 0.176. The Hall–Kier alpha value is -1.72. The molecule has 1 aromatic carbocycles. The summed E-state index contributed by atoms with van der Waals surface area (Å²) in [7, 11) is -3.33. The lowest BCUT2D eigenvalue weighted by Gasteiger charge is -2.06. The van der Waals surface area contributed by atoms with Gasteiger partial charge >= 0.3 is 0 Å². The molecule has 1 atom stereocenters. The van der Waals surface area contributed by atoms with E-state index in [-0.39, 0.29) is 21.6 Å². The van der Waals surface area contributed by atoms with E-state index in [9.17, 15) is 13.2 Å². The molecule has 0 fully saturated rings. The summed E-state index contributed by atoms with van der Waals surface area (Å²) in [6.07, 6.45) is 2.93. The summed E-state index contributed by atoms with van der Waals surface area (Å²) in [6.45, 7) is 1.86. The summed E-state index contributed by atoms with van der Waals surface area (Å²) in [5.74, 6) is -0.462. The van der Waals surface area contributed by atoms with Gasteiger partial charge in [0.05, 0.1) is 25.6 Å². The number of carbonyl (C=O) groups excluding carboxylic acids is 1. The third-order valence-corrected chi connectivity index (χ3v) is 9.08. The first kappa shape index (κ1) is 20.5. The number of anilines is 1. The van der Waals surface area contributed by atoms with Gasteiger partial charge in [-0.25, -0.2) is 8.42 Å². The molecule has 0 aliphatic carbocycles. The lowest BCUT2D eigenvalue weighted by atomic mass is 10.0. The minimum absolute atomic E-state index is 0.0608. The van der Waals surface area contributed by atoms with Gasteiger partial charge in [-0.3, -0.25) is 9.78 Å². The predicted molar refractivity (Wildman–Crippen MR) is 113 cm³/mol. The highest BCUT2D eigenvalue weighted by Gasteiger charge is 2.32. The molecule has 4 rings (SSSR count). The number of nitrogens with one attached hydrogen (secondary N) is 1. The molecule has 1 N–H and O–H groups in total. The Balaban J connectivity index is 1.52. The van der Waals surface area contributed by atoms with Gasteiger partial charge < -0.3 is 5.32 Å². The molecule has 3 aromatic rings. The van der Waals surface area contributed by atoms with Crippen molar-refractivity contribution in [2.45, 2.75) is 27.0 Å². The largest absolute Gasteiger partial charge is 0.320 e. The minimum Gasteiger partial charge on any atom is -0.320 e. The van der Waals surface area contributed by atoms with E-state index in [1.54, 1.807) is 12.1 Å².